The van der Waals surface area contributed by atoms with E-state index in [-0.39, 0.29) is 17.2 Å². The summed E-state index contributed by atoms with van der Waals surface area (Å²) in [6.07, 6.45) is 0. The Morgan fingerprint density at radius 1 is 1.43 bits per heavy atom. The number of nitrogens with zero attached hydrogens (tertiary/aromatic N) is 2. The van der Waals surface area contributed by atoms with Crippen LogP contribution in [0.1, 0.15) is 0 Å². The molecular weight excluding hydrogens is 186 g/mol. The molecule has 0 unspecified atom stereocenters. The van der Waals surface area contributed by atoms with Crippen LogP contribution in [0.15, 0.2) is 12.1 Å². The Hall–Kier alpha value is -2.31. The van der Waals surface area contributed by atoms with Gasteiger partial charge < -0.3 is 11.5 Å². The Labute approximate surface area is 77.8 Å². The minimum Gasteiger partial charge on any atom is -0.399 e. The Balaban J connectivity index is 2.88. The van der Waals surface area contributed by atoms with Crippen molar-refractivity contribution in [2.75, 3.05) is 11.5 Å². The lowest BCUT2D eigenvalue weighted by Crippen LogP contribution is -1.93. The number of benzene rings is 1. The first-order valence-corrected chi connectivity index (χ1v) is 3.77. The number of rotatable bonds is 1. The van der Waals surface area contributed by atoms with Gasteiger partial charge in [0.2, 0.25) is 0 Å². The van der Waals surface area contributed by atoms with Gasteiger partial charge in [-0.15, -0.1) is 0 Å². The highest BCUT2D eigenvalue weighted by Gasteiger charge is 2.16. The van der Waals surface area contributed by atoms with Gasteiger partial charge in [0.25, 0.3) is 5.69 Å². The summed E-state index contributed by atoms with van der Waals surface area (Å²) in [6.45, 7) is 0. The largest absolute Gasteiger partial charge is 0.399 e. The quantitative estimate of drug-likeness (QED) is 0.348. The normalized spacial score (nSPS) is 10.6. The van der Waals surface area contributed by atoms with Gasteiger partial charge in [-0.3, -0.25) is 15.2 Å². The van der Waals surface area contributed by atoms with E-state index in [1.165, 1.54) is 6.07 Å². The second-order valence-electron chi connectivity index (χ2n) is 2.83. The van der Waals surface area contributed by atoms with Crippen molar-refractivity contribution in [3.05, 3.63) is 22.2 Å². The van der Waals surface area contributed by atoms with E-state index >= 15 is 0 Å². The summed E-state index contributed by atoms with van der Waals surface area (Å²) in [7, 11) is 0. The maximum Gasteiger partial charge on any atom is 0.296 e. The lowest BCUT2D eigenvalue weighted by molar-refractivity contribution is -0.383. The molecule has 0 saturated heterocycles. The van der Waals surface area contributed by atoms with Crippen LogP contribution >= 0.6 is 0 Å². The molecule has 7 nitrogen and oxygen atoms in total. The van der Waals surface area contributed by atoms with Gasteiger partial charge >= 0.3 is 0 Å². The highest BCUT2D eigenvalue weighted by atomic mass is 16.6. The van der Waals surface area contributed by atoms with Crippen molar-refractivity contribution in [3.63, 3.8) is 0 Å². The van der Waals surface area contributed by atoms with Gasteiger partial charge in [-0.25, -0.2) is 0 Å². The van der Waals surface area contributed by atoms with Crippen LogP contribution in [-0.2, 0) is 0 Å². The minimum atomic E-state index is -0.531. The molecule has 0 aliphatic carbocycles. The molecule has 0 radical (unpaired) electrons. The van der Waals surface area contributed by atoms with Crippen LogP contribution in [0.2, 0.25) is 0 Å². The van der Waals surface area contributed by atoms with E-state index in [9.17, 15) is 10.1 Å². The van der Waals surface area contributed by atoms with Crippen molar-refractivity contribution in [2.45, 2.75) is 0 Å². The number of aromatic nitrogens is 2. The molecule has 1 aromatic carbocycles. The van der Waals surface area contributed by atoms with Crippen LogP contribution in [0, 0.1) is 10.1 Å². The summed E-state index contributed by atoms with van der Waals surface area (Å²) in [4.78, 5) is 10.1. The van der Waals surface area contributed by atoms with Crippen molar-refractivity contribution in [1.82, 2.24) is 10.2 Å². The maximum absolute atomic E-state index is 10.6. The fourth-order valence-electron chi connectivity index (χ4n) is 1.29. The summed E-state index contributed by atoms with van der Waals surface area (Å²) >= 11 is 0. The van der Waals surface area contributed by atoms with Gasteiger partial charge in [0.05, 0.1) is 10.3 Å². The molecule has 0 aliphatic rings. The molecule has 0 spiro atoms. The molecule has 0 aliphatic heterocycles. The zero-order chi connectivity index (χ0) is 10.3. The summed E-state index contributed by atoms with van der Waals surface area (Å²) in [5, 5.41) is 17.3. The predicted molar refractivity (Wildman–Crippen MR) is 51.6 cm³/mol. The molecule has 0 fully saturated rings. The summed E-state index contributed by atoms with van der Waals surface area (Å²) in [5.74, 6) is 0.204. The van der Waals surface area contributed by atoms with Gasteiger partial charge in [0.1, 0.15) is 5.52 Å². The van der Waals surface area contributed by atoms with Crippen LogP contribution < -0.4 is 11.5 Å². The summed E-state index contributed by atoms with van der Waals surface area (Å²) in [5.41, 5.74) is 11.4. The fraction of sp³-hybridized carbons (Fsp3) is 0. The molecule has 5 N–H and O–H groups in total. The lowest BCUT2D eigenvalue weighted by Gasteiger charge is -1.96. The highest BCUT2D eigenvalue weighted by molar-refractivity contribution is 5.97. The van der Waals surface area contributed by atoms with E-state index in [0.29, 0.717) is 10.9 Å². The van der Waals surface area contributed by atoms with Gasteiger partial charge in [-0.1, -0.05) is 0 Å². The predicted octanol–water partition coefficient (Wildman–Crippen LogP) is 0.635. The Kier molecular flexibility index (Phi) is 1.53. The molecule has 0 atom stereocenters. The zero-order valence-electron chi connectivity index (χ0n) is 7.02. The Morgan fingerprint density at radius 3 is 2.79 bits per heavy atom. The number of hydrogen-bond donors (Lipinski definition) is 3. The lowest BCUT2D eigenvalue weighted by atomic mass is 10.2. The number of aromatic amines is 1. The van der Waals surface area contributed by atoms with Gasteiger partial charge in [0.15, 0.2) is 5.82 Å². The first-order chi connectivity index (χ1) is 6.59. The number of nitro benzene ring substituents is 1. The second-order valence-corrected chi connectivity index (χ2v) is 2.83. The first-order valence-electron chi connectivity index (χ1n) is 3.77. The zero-order valence-corrected chi connectivity index (χ0v) is 7.02. The van der Waals surface area contributed by atoms with E-state index in [1.54, 1.807) is 6.07 Å². The monoisotopic (exact) mass is 193 g/mol. The number of nitro groups is 1. The average Bonchev–Trinajstić information content (AvgIpc) is 2.47. The van der Waals surface area contributed by atoms with E-state index in [2.05, 4.69) is 10.2 Å². The smallest absolute Gasteiger partial charge is 0.296 e. The molecule has 2 rings (SSSR count). The number of H-pyrrole nitrogens is 1. The second kappa shape index (κ2) is 2.59. The van der Waals surface area contributed by atoms with E-state index in [0.717, 1.165) is 0 Å². The molecule has 0 amide bonds. The summed E-state index contributed by atoms with van der Waals surface area (Å²) < 4.78 is 0. The maximum atomic E-state index is 10.6. The molecular formula is C7H7N5O2. The SMILES string of the molecule is Nc1cc([N+](=O)[O-])c2[nH]nc(N)c2c1. The topological polar surface area (TPSA) is 124 Å². The molecule has 1 heterocycles. The van der Waals surface area contributed by atoms with Crippen molar-refractivity contribution < 1.29 is 4.92 Å². The van der Waals surface area contributed by atoms with Crippen molar-refractivity contribution in [2.24, 2.45) is 0 Å². The highest BCUT2D eigenvalue weighted by Crippen LogP contribution is 2.29. The van der Waals surface area contributed by atoms with E-state index in [4.69, 9.17) is 11.5 Å². The number of hydrogen-bond acceptors (Lipinski definition) is 5. The molecule has 72 valence electrons. The van der Waals surface area contributed by atoms with Gasteiger partial charge in [-0.05, 0) is 6.07 Å². The number of nitrogen functional groups attached to an aromatic ring is 2. The van der Waals surface area contributed by atoms with E-state index in [1.807, 2.05) is 0 Å². The van der Waals surface area contributed by atoms with Crippen LogP contribution in [0.3, 0.4) is 0 Å². The third-order valence-corrected chi connectivity index (χ3v) is 1.90. The molecule has 14 heavy (non-hydrogen) atoms. The molecule has 1 aromatic heterocycles. The first kappa shape index (κ1) is 8.30. The van der Waals surface area contributed by atoms with Crippen LogP contribution in [0.5, 0.6) is 0 Å². The molecule has 0 saturated carbocycles. The van der Waals surface area contributed by atoms with E-state index < -0.39 is 4.92 Å². The van der Waals surface area contributed by atoms with Crippen molar-refractivity contribution >= 4 is 28.1 Å². The Bertz CT molecular complexity index is 518. The van der Waals surface area contributed by atoms with Crippen LogP contribution in [0.25, 0.3) is 10.9 Å². The average molecular weight is 193 g/mol. The number of fused-ring (bicyclic) bond motifs is 1. The molecule has 2 aromatic rings. The van der Waals surface area contributed by atoms with Crippen molar-refractivity contribution in [3.8, 4) is 0 Å². The van der Waals surface area contributed by atoms with Crippen molar-refractivity contribution in [1.29, 1.82) is 0 Å². The van der Waals surface area contributed by atoms with Gasteiger partial charge in [-0.2, -0.15) is 5.10 Å². The fourth-order valence-corrected chi connectivity index (χ4v) is 1.29. The molecule has 7 heteroatoms. The standard InChI is InChI=1S/C7H7N5O2/c8-3-1-4-6(10-11-7(4)9)5(2-3)12(13)14/h1-2H,8H2,(H3,9,10,11). The third-order valence-electron chi connectivity index (χ3n) is 1.90. The number of anilines is 2. The minimum absolute atomic E-state index is 0.121. The number of non-ortho nitro benzene ring substituents is 1. The molecule has 0 bridgehead atoms. The van der Waals surface area contributed by atoms with Crippen LogP contribution in [0.4, 0.5) is 17.2 Å². The third kappa shape index (κ3) is 1.03. The van der Waals surface area contributed by atoms with Gasteiger partial charge in [0, 0.05) is 11.8 Å². The number of nitrogens with two attached hydrogens (primary N) is 2. The summed E-state index contributed by atoms with van der Waals surface area (Å²) in [6, 6.07) is 2.81. The van der Waals surface area contributed by atoms with Crippen LogP contribution in [-0.4, -0.2) is 15.1 Å². The Morgan fingerprint density at radius 2 is 2.14 bits per heavy atom. The number of nitrogens with one attached hydrogen (secondary N) is 1.